The Labute approximate surface area is 97.5 Å². The fourth-order valence-electron chi connectivity index (χ4n) is 2.20. The van der Waals surface area contributed by atoms with Crippen LogP contribution in [0.2, 0.25) is 0 Å². The van der Waals surface area contributed by atoms with Crippen LogP contribution in [-0.2, 0) is 0 Å². The zero-order chi connectivity index (χ0) is 11.7. The highest BCUT2D eigenvalue weighted by molar-refractivity contribution is 5.98. The molecule has 1 unspecified atom stereocenters. The maximum Gasteiger partial charge on any atom is 0.0662 e. The Morgan fingerprint density at radius 3 is 2.81 bits per heavy atom. The summed E-state index contributed by atoms with van der Waals surface area (Å²) in [6.07, 6.45) is 8.59. The molecule has 0 fully saturated rings. The van der Waals surface area contributed by atoms with Crippen molar-refractivity contribution >= 4 is 5.71 Å². The van der Waals surface area contributed by atoms with Gasteiger partial charge < -0.3 is 9.80 Å². The van der Waals surface area contributed by atoms with Gasteiger partial charge in [0.05, 0.1) is 11.4 Å². The van der Waals surface area contributed by atoms with Gasteiger partial charge in [-0.1, -0.05) is 6.92 Å². The molecule has 0 saturated carbocycles. The first-order valence-electron chi connectivity index (χ1n) is 5.64. The predicted octanol–water partition coefficient (Wildman–Crippen LogP) is 1.87. The second kappa shape index (κ2) is 4.16. The Morgan fingerprint density at radius 1 is 1.44 bits per heavy atom. The van der Waals surface area contributed by atoms with Crippen LogP contribution in [0.3, 0.4) is 0 Å². The number of likely N-dealkylation sites (N-methyl/N-ethyl adjacent to an activating group) is 1. The van der Waals surface area contributed by atoms with E-state index in [2.05, 4.69) is 60.2 Å². The molecule has 2 aliphatic heterocycles. The van der Waals surface area contributed by atoms with Crippen molar-refractivity contribution in [1.29, 1.82) is 0 Å². The number of allylic oxidation sites excluding steroid dienone is 3. The Balaban J connectivity index is 2.41. The molecule has 2 aliphatic rings. The Kier molecular flexibility index (Phi) is 2.86. The minimum atomic E-state index is 0.500. The van der Waals surface area contributed by atoms with Gasteiger partial charge in [-0.25, -0.2) is 0 Å². The van der Waals surface area contributed by atoms with E-state index in [-0.39, 0.29) is 0 Å². The zero-order valence-electron chi connectivity index (χ0n) is 10.4. The summed E-state index contributed by atoms with van der Waals surface area (Å²) >= 11 is 0. The smallest absolute Gasteiger partial charge is 0.0662 e. The average molecular weight is 217 g/mol. The van der Waals surface area contributed by atoms with E-state index >= 15 is 0 Å². The van der Waals surface area contributed by atoms with Crippen molar-refractivity contribution < 1.29 is 0 Å². The number of rotatable bonds is 1. The second-order valence-electron chi connectivity index (χ2n) is 4.52. The molecule has 16 heavy (non-hydrogen) atoms. The van der Waals surface area contributed by atoms with E-state index in [0.29, 0.717) is 5.92 Å². The van der Waals surface area contributed by atoms with Crippen molar-refractivity contribution in [3.63, 3.8) is 0 Å². The van der Waals surface area contributed by atoms with Crippen LogP contribution in [-0.4, -0.2) is 43.2 Å². The molecule has 0 amide bonds. The number of nitrogens with zero attached hydrogens (tertiary/aromatic N) is 3. The zero-order valence-corrected chi connectivity index (χ0v) is 10.4. The third-order valence-corrected chi connectivity index (χ3v) is 3.09. The van der Waals surface area contributed by atoms with Gasteiger partial charge in [-0.15, -0.1) is 0 Å². The van der Waals surface area contributed by atoms with Gasteiger partial charge in [0.2, 0.25) is 0 Å². The average Bonchev–Trinajstić information content (AvgIpc) is 2.26. The van der Waals surface area contributed by atoms with Crippen LogP contribution in [0.4, 0.5) is 0 Å². The van der Waals surface area contributed by atoms with E-state index in [4.69, 9.17) is 0 Å². The van der Waals surface area contributed by atoms with Gasteiger partial charge >= 0.3 is 0 Å². The van der Waals surface area contributed by atoms with E-state index in [1.807, 2.05) is 7.05 Å². The first kappa shape index (κ1) is 11.0. The highest BCUT2D eigenvalue weighted by Crippen LogP contribution is 2.27. The third-order valence-electron chi connectivity index (χ3n) is 3.09. The maximum atomic E-state index is 4.36. The summed E-state index contributed by atoms with van der Waals surface area (Å²) in [6, 6.07) is 0. The minimum absolute atomic E-state index is 0.500. The molecule has 0 spiro atoms. The summed E-state index contributed by atoms with van der Waals surface area (Å²) < 4.78 is 0. The molecular formula is C13H19N3. The van der Waals surface area contributed by atoms with Crippen LogP contribution in [0.1, 0.15) is 6.92 Å². The molecule has 2 rings (SSSR count). The molecule has 3 heteroatoms. The van der Waals surface area contributed by atoms with E-state index < -0.39 is 0 Å². The monoisotopic (exact) mass is 217 g/mol. The molecular weight excluding hydrogens is 198 g/mol. The summed E-state index contributed by atoms with van der Waals surface area (Å²) in [5.41, 5.74) is 3.69. The maximum absolute atomic E-state index is 4.36. The molecule has 0 saturated heterocycles. The Morgan fingerprint density at radius 2 is 2.19 bits per heavy atom. The summed E-state index contributed by atoms with van der Waals surface area (Å²) in [6.45, 7) is 3.23. The number of hydrogen-bond acceptors (Lipinski definition) is 3. The van der Waals surface area contributed by atoms with Gasteiger partial charge in [-0.2, -0.15) is 0 Å². The number of hydrogen-bond donors (Lipinski definition) is 0. The standard InChI is InChI=1S/C13H19N3/c1-10-9-16-7-5-6-12(15(3)4)13(16)8-11(10)14-2/h5-8,10H,9H2,1-4H3. The first-order chi connectivity index (χ1) is 7.63. The van der Waals surface area contributed by atoms with E-state index in [0.717, 1.165) is 6.54 Å². The minimum Gasteiger partial charge on any atom is -0.376 e. The Hall–Kier alpha value is -1.51. The van der Waals surface area contributed by atoms with Crippen molar-refractivity contribution in [2.24, 2.45) is 10.9 Å². The SMILES string of the molecule is CN=C1C=C2C(N(C)C)=CC=CN2CC1C. The predicted molar refractivity (Wildman–Crippen MR) is 68.2 cm³/mol. The highest BCUT2D eigenvalue weighted by atomic mass is 15.2. The molecule has 0 N–H and O–H groups in total. The molecule has 0 aromatic rings. The molecule has 0 aromatic carbocycles. The second-order valence-corrected chi connectivity index (χ2v) is 4.52. The van der Waals surface area contributed by atoms with Crippen LogP contribution in [0.25, 0.3) is 0 Å². The molecule has 0 bridgehead atoms. The van der Waals surface area contributed by atoms with Crippen molar-refractivity contribution in [1.82, 2.24) is 9.80 Å². The molecule has 3 nitrogen and oxygen atoms in total. The fourth-order valence-corrected chi connectivity index (χ4v) is 2.20. The molecule has 0 aromatic heterocycles. The van der Waals surface area contributed by atoms with Crippen LogP contribution >= 0.6 is 0 Å². The largest absolute Gasteiger partial charge is 0.376 e. The lowest BCUT2D eigenvalue weighted by molar-refractivity contribution is 0.386. The number of fused-ring (bicyclic) bond motifs is 1. The van der Waals surface area contributed by atoms with Crippen LogP contribution in [0, 0.1) is 5.92 Å². The van der Waals surface area contributed by atoms with E-state index in [1.54, 1.807) is 0 Å². The van der Waals surface area contributed by atoms with E-state index in [1.165, 1.54) is 17.1 Å². The molecule has 86 valence electrons. The lowest BCUT2D eigenvalue weighted by Crippen LogP contribution is -2.36. The topological polar surface area (TPSA) is 18.8 Å². The van der Waals surface area contributed by atoms with Crippen LogP contribution in [0.15, 0.2) is 40.8 Å². The molecule has 0 aliphatic carbocycles. The van der Waals surface area contributed by atoms with Crippen molar-refractivity contribution in [3.8, 4) is 0 Å². The quantitative estimate of drug-likeness (QED) is 0.667. The molecule has 2 heterocycles. The first-order valence-corrected chi connectivity index (χ1v) is 5.64. The lowest BCUT2D eigenvalue weighted by Gasteiger charge is -2.36. The van der Waals surface area contributed by atoms with Gasteiger partial charge in [-0.3, -0.25) is 4.99 Å². The van der Waals surface area contributed by atoms with Crippen molar-refractivity contribution in [2.45, 2.75) is 6.92 Å². The van der Waals surface area contributed by atoms with Crippen LogP contribution in [0.5, 0.6) is 0 Å². The van der Waals surface area contributed by atoms with Gasteiger partial charge in [0, 0.05) is 45.5 Å². The highest BCUT2D eigenvalue weighted by Gasteiger charge is 2.25. The summed E-state index contributed by atoms with van der Waals surface area (Å²) in [4.78, 5) is 8.80. The molecule has 1 atom stereocenters. The summed E-state index contributed by atoms with van der Waals surface area (Å²) in [5.74, 6) is 0.500. The van der Waals surface area contributed by atoms with Crippen molar-refractivity contribution in [3.05, 3.63) is 35.8 Å². The van der Waals surface area contributed by atoms with Gasteiger partial charge in [-0.05, 0) is 18.2 Å². The summed E-state index contributed by atoms with van der Waals surface area (Å²) in [5, 5.41) is 0. The van der Waals surface area contributed by atoms with Crippen LogP contribution < -0.4 is 0 Å². The van der Waals surface area contributed by atoms with Crippen molar-refractivity contribution in [2.75, 3.05) is 27.7 Å². The number of aliphatic imine (C=N–C) groups is 1. The molecule has 0 radical (unpaired) electrons. The Bertz CT molecular complexity index is 399. The van der Waals surface area contributed by atoms with E-state index in [9.17, 15) is 0 Å². The third kappa shape index (κ3) is 1.77. The van der Waals surface area contributed by atoms with Gasteiger partial charge in [0.15, 0.2) is 0 Å². The summed E-state index contributed by atoms with van der Waals surface area (Å²) in [7, 11) is 6.02. The van der Waals surface area contributed by atoms with Gasteiger partial charge in [0.25, 0.3) is 0 Å². The van der Waals surface area contributed by atoms with Gasteiger partial charge in [0.1, 0.15) is 0 Å². The fraction of sp³-hybridized carbons (Fsp3) is 0.462. The lowest BCUT2D eigenvalue weighted by atomic mass is 9.96. The normalized spacial score (nSPS) is 26.4.